The number of hydrogen-bond acceptors (Lipinski definition) is 3. The van der Waals surface area contributed by atoms with E-state index in [-0.39, 0.29) is 23.8 Å². The molecule has 1 aromatic heterocycles. The maximum atomic E-state index is 13.6. The Balaban J connectivity index is 1.94. The van der Waals surface area contributed by atoms with Crippen molar-refractivity contribution in [3.8, 4) is 0 Å². The first kappa shape index (κ1) is 23.2. The monoisotopic (exact) mass is 443 g/mol. The lowest BCUT2D eigenvalue weighted by molar-refractivity contribution is 0.400. The van der Waals surface area contributed by atoms with Crippen molar-refractivity contribution in [2.75, 3.05) is 0 Å². The van der Waals surface area contributed by atoms with Crippen molar-refractivity contribution in [2.24, 2.45) is 5.92 Å². The normalized spacial score (nSPS) is 12.1. The summed E-state index contributed by atoms with van der Waals surface area (Å²) in [7, 11) is -3.76. The fraction of sp³-hybridized carbons (Fsp3) is 0.375. The molecule has 0 fully saturated rings. The zero-order valence-electron chi connectivity index (χ0n) is 18.5. The van der Waals surface area contributed by atoms with Crippen LogP contribution in [0.1, 0.15) is 43.2 Å². The molecule has 7 heteroatoms. The van der Waals surface area contributed by atoms with Crippen LogP contribution >= 0.6 is 0 Å². The van der Waals surface area contributed by atoms with Gasteiger partial charge in [0, 0.05) is 31.4 Å². The Morgan fingerprint density at radius 2 is 1.61 bits per heavy atom. The highest BCUT2D eigenvalue weighted by atomic mass is 32.2. The number of sulfonamides is 1. The highest BCUT2D eigenvalue weighted by Crippen LogP contribution is 2.23. The van der Waals surface area contributed by atoms with E-state index in [0.717, 1.165) is 28.8 Å². The lowest BCUT2D eigenvalue weighted by Gasteiger charge is -2.22. The van der Waals surface area contributed by atoms with Gasteiger partial charge >= 0.3 is 0 Å². The molecule has 0 N–H and O–H groups in total. The molecule has 0 atom stereocenters. The molecule has 0 aliphatic carbocycles. The first-order valence-electron chi connectivity index (χ1n) is 10.6. The molecule has 166 valence electrons. The Kier molecular flexibility index (Phi) is 7.28. The van der Waals surface area contributed by atoms with Crippen molar-refractivity contribution < 1.29 is 12.8 Å². The van der Waals surface area contributed by atoms with Gasteiger partial charge in [-0.3, -0.25) is 4.68 Å². The summed E-state index contributed by atoms with van der Waals surface area (Å²) in [5.74, 6) is 0.148. The SMILES string of the molecule is CCn1cc(CN(Cc2ccc(F)cc2)S(=O)(=O)c2ccc(CC(C)C)cc2)c(C)n1. The quantitative estimate of drug-likeness (QED) is 0.471. The molecular formula is C24H30FN3O2S. The van der Waals surface area contributed by atoms with Crippen molar-refractivity contribution in [3.05, 3.63) is 82.9 Å². The predicted octanol–water partition coefficient (Wildman–Crippen LogP) is 4.94. The van der Waals surface area contributed by atoms with Crippen LogP contribution in [0.2, 0.25) is 0 Å². The van der Waals surface area contributed by atoms with Gasteiger partial charge in [0.15, 0.2) is 0 Å². The minimum atomic E-state index is -3.76. The van der Waals surface area contributed by atoms with E-state index < -0.39 is 10.0 Å². The van der Waals surface area contributed by atoms with Crippen molar-refractivity contribution in [3.63, 3.8) is 0 Å². The number of rotatable bonds is 9. The summed E-state index contributed by atoms with van der Waals surface area (Å²) in [6, 6.07) is 13.0. The van der Waals surface area contributed by atoms with Gasteiger partial charge in [0.1, 0.15) is 5.82 Å². The molecule has 0 unspecified atom stereocenters. The summed E-state index contributed by atoms with van der Waals surface area (Å²) in [6.07, 6.45) is 2.78. The van der Waals surface area contributed by atoms with E-state index in [1.54, 1.807) is 28.9 Å². The molecule has 0 aliphatic heterocycles. The van der Waals surface area contributed by atoms with E-state index in [0.29, 0.717) is 12.5 Å². The molecule has 0 saturated carbocycles. The molecular weight excluding hydrogens is 413 g/mol. The van der Waals surface area contributed by atoms with Gasteiger partial charge in [0.05, 0.1) is 10.6 Å². The smallest absolute Gasteiger partial charge is 0.243 e. The number of aryl methyl sites for hydroxylation is 2. The summed E-state index contributed by atoms with van der Waals surface area (Å²) in [5, 5.41) is 4.44. The van der Waals surface area contributed by atoms with E-state index in [4.69, 9.17) is 0 Å². The van der Waals surface area contributed by atoms with Crippen molar-refractivity contribution >= 4 is 10.0 Å². The molecule has 3 aromatic rings. The lowest BCUT2D eigenvalue weighted by atomic mass is 10.0. The fourth-order valence-electron chi connectivity index (χ4n) is 3.50. The van der Waals surface area contributed by atoms with Gasteiger partial charge in [-0.15, -0.1) is 0 Å². The molecule has 0 spiro atoms. The highest BCUT2D eigenvalue weighted by Gasteiger charge is 2.26. The molecule has 0 saturated heterocycles. The summed E-state index contributed by atoms with van der Waals surface area (Å²) in [5.41, 5.74) is 3.48. The minimum Gasteiger partial charge on any atom is -0.272 e. The van der Waals surface area contributed by atoms with Crippen LogP contribution in [-0.2, 0) is 36.1 Å². The summed E-state index contributed by atoms with van der Waals surface area (Å²) >= 11 is 0. The number of nitrogens with zero attached hydrogens (tertiary/aromatic N) is 3. The standard InChI is InChI=1S/C24H30FN3O2S/c1-5-27-16-22(19(4)26-27)17-28(15-21-6-10-23(25)11-7-21)31(29,30)24-12-8-20(9-13-24)14-18(2)3/h6-13,16,18H,5,14-15,17H2,1-4H3. The molecule has 2 aromatic carbocycles. The summed E-state index contributed by atoms with van der Waals surface area (Å²) in [6.45, 7) is 9.18. The molecule has 3 rings (SSSR count). The number of benzene rings is 2. The summed E-state index contributed by atoms with van der Waals surface area (Å²) in [4.78, 5) is 0.252. The second-order valence-electron chi connectivity index (χ2n) is 8.24. The zero-order chi connectivity index (χ0) is 22.6. The predicted molar refractivity (Wildman–Crippen MR) is 120 cm³/mol. The van der Waals surface area contributed by atoms with Crippen LogP contribution in [0.3, 0.4) is 0 Å². The van der Waals surface area contributed by atoms with Crippen LogP contribution in [0.5, 0.6) is 0 Å². The molecule has 0 aliphatic rings. The molecule has 31 heavy (non-hydrogen) atoms. The second kappa shape index (κ2) is 9.75. The number of aromatic nitrogens is 2. The Morgan fingerprint density at radius 3 is 2.16 bits per heavy atom. The van der Waals surface area contributed by atoms with Crippen LogP contribution in [-0.4, -0.2) is 22.5 Å². The topological polar surface area (TPSA) is 55.2 Å². The number of hydrogen-bond donors (Lipinski definition) is 0. The van der Waals surface area contributed by atoms with Crippen LogP contribution in [0, 0.1) is 18.7 Å². The van der Waals surface area contributed by atoms with Gasteiger partial charge in [-0.1, -0.05) is 38.1 Å². The fourth-order valence-corrected chi connectivity index (χ4v) is 4.91. The van der Waals surface area contributed by atoms with Crippen molar-refractivity contribution in [2.45, 2.75) is 58.6 Å². The second-order valence-corrected chi connectivity index (χ2v) is 10.2. The van der Waals surface area contributed by atoms with E-state index in [1.165, 1.54) is 16.4 Å². The lowest BCUT2D eigenvalue weighted by Crippen LogP contribution is -2.30. The zero-order valence-corrected chi connectivity index (χ0v) is 19.4. The average molecular weight is 444 g/mol. The highest BCUT2D eigenvalue weighted by molar-refractivity contribution is 7.89. The van der Waals surface area contributed by atoms with Gasteiger partial charge in [0.2, 0.25) is 10.0 Å². The third kappa shape index (κ3) is 5.80. The van der Waals surface area contributed by atoms with Crippen molar-refractivity contribution in [1.29, 1.82) is 0 Å². The van der Waals surface area contributed by atoms with E-state index in [2.05, 4.69) is 18.9 Å². The first-order valence-corrected chi connectivity index (χ1v) is 12.0. The minimum absolute atomic E-state index is 0.146. The maximum absolute atomic E-state index is 13.6. The van der Waals surface area contributed by atoms with E-state index in [1.807, 2.05) is 32.2 Å². The van der Waals surface area contributed by atoms with Gasteiger partial charge in [0.25, 0.3) is 0 Å². The van der Waals surface area contributed by atoms with Crippen LogP contribution in [0.25, 0.3) is 0 Å². The van der Waals surface area contributed by atoms with Crippen LogP contribution < -0.4 is 0 Å². The van der Waals surface area contributed by atoms with Gasteiger partial charge in [-0.05, 0) is 61.6 Å². The Labute approximate surface area is 184 Å². The number of halogens is 1. The Morgan fingerprint density at radius 1 is 1.00 bits per heavy atom. The third-order valence-corrected chi connectivity index (χ3v) is 7.00. The molecule has 0 bridgehead atoms. The van der Waals surface area contributed by atoms with E-state index >= 15 is 0 Å². The first-order chi connectivity index (χ1) is 14.7. The van der Waals surface area contributed by atoms with Crippen molar-refractivity contribution in [1.82, 2.24) is 14.1 Å². The van der Waals surface area contributed by atoms with Crippen LogP contribution in [0.15, 0.2) is 59.6 Å². The van der Waals surface area contributed by atoms with Gasteiger partial charge in [-0.2, -0.15) is 9.40 Å². The van der Waals surface area contributed by atoms with Crippen LogP contribution in [0.4, 0.5) is 4.39 Å². The summed E-state index contributed by atoms with van der Waals surface area (Å²) < 4.78 is 43.7. The third-order valence-electron chi connectivity index (χ3n) is 5.20. The largest absolute Gasteiger partial charge is 0.272 e. The maximum Gasteiger partial charge on any atom is 0.243 e. The molecule has 1 heterocycles. The molecule has 5 nitrogen and oxygen atoms in total. The van der Waals surface area contributed by atoms with E-state index in [9.17, 15) is 12.8 Å². The average Bonchev–Trinajstić information content (AvgIpc) is 3.08. The molecule has 0 amide bonds. The Hall–Kier alpha value is -2.51. The van der Waals surface area contributed by atoms with Gasteiger partial charge < -0.3 is 0 Å². The Bertz CT molecular complexity index is 1100. The molecule has 0 radical (unpaired) electrons. The van der Waals surface area contributed by atoms with Gasteiger partial charge in [-0.25, -0.2) is 12.8 Å².